The lowest BCUT2D eigenvalue weighted by Crippen LogP contribution is -2.55. The van der Waals surface area contributed by atoms with Crippen molar-refractivity contribution in [3.63, 3.8) is 0 Å². The number of hydrogen-bond donors (Lipinski definition) is 1. The van der Waals surface area contributed by atoms with Gasteiger partial charge in [0.1, 0.15) is 0 Å². The molecule has 3 atom stereocenters. The van der Waals surface area contributed by atoms with Crippen LogP contribution in [0.3, 0.4) is 0 Å². The van der Waals surface area contributed by atoms with Crippen molar-refractivity contribution >= 4 is 11.8 Å². The van der Waals surface area contributed by atoms with Gasteiger partial charge in [-0.25, -0.2) is 0 Å². The van der Waals surface area contributed by atoms with Gasteiger partial charge in [-0.1, -0.05) is 6.42 Å². The van der Waals surface area contributed by atoms with Gasteiger partial charge in [0.15, 0.2) is 0 Å². The van der Waals surface area contributed by atoms with E-state index in [4.69, 9.17) is 0 Å². The van der Waals surface area contributed by atoms with Crippen molar-refractivity contribution in [1.29, 1.82) is 0 Å². The smallest absolute Gasteiger partial charge is 0.0223 e. The number of piperazine rings is 1. The summed E-state index contributed by atoms with van der Waals surface area (Å²) in [6, 6.07) is 1.70. The highest BCUT2D eigenvalue weighted by atomic mass is 32.2. The molecule has 1 N–H and O–H groups in total. The summed E-state index contributed by atoms with van der Waals surface area (Å²) in [4.78, 5) is 2.80. The fraction of sp³-hybridized carbons (Fsp3) is 1.00. The Labute approximate surface area is 104 Å². The zero-order valence-electron chi connectivity index (χ0n) is 10.3. The van der Waals surface area contributed by atoms with E-state index in [1.54, 1.807) is 0 Å². The van der Waals surface area contributed by atoms with Crippen LogP contribution in [0.1, 0.15) is 32.1 Å². The van der Waals surface area contributed by atoms with E-state index < -0.39 is 0 Å². The van der Waals surface area contributed by atoms with E-state index in [0.717, 1.165) is 23.3 Å². The summed E-state index contributed by atoms with van der Waals surface area (Å²) < 4.78 is 0. The first-order valence-electron chi connectivity index (χ1n) is 6.88. The maximum atomic E-state index is 3.72. The van der Waals surface area contributed by atoms with E-state index in [2.05, 4.69) is 28.2 Å². The molecule has 1 aliphatic heterocycles. The standard InChI is InChI=1S/C13H24N2S/c1-16-13-4-2-3-12(13)15-8-7-14-11(9-15)10-5-6-10/h10-14H,2-9H2,1H3. The van der Waals surface area contributed by atoms with Gasteiger partial charge in [-0.2, -0.15) is 11.8 Å². The highest BCUT2D eigenvalue weighted by Crippen LogP contribution is 2.36. The second kappa shape index (κ2) is 4.87. The summed E-state index contributed by atoms with van der Waals surface area (Å²) >= 11 is 2.10. The molecule has 0 aromatic carbocycles. The highest BCUT2D eigenvalue weighted by molar-refractivity contribution is 7.99. The zero-order chi connectivity index (χ0) is 11.0. The van der Waals surface area contributed by atoms with Gasteiger partial charge in [-0.3, -0.25) is 4.90 Å². The van der Waals surface area contributed by atoms with E-state index in [0.29, 0.717) is 0 Å². The van der Waals surface area contributed by atoms with Crippen LogP contribution < -0.4 is 5.32 Å². The molecule has 3 heteroatoms. The summed E-state index contributed by atoms with van der Waals surface area (Å²) in [5, 5.41) is 4.63. The van der Waals surface area contributed by atoms with Gasteiger partial charge in [0.25, 0.3) is 0 Å². The number of nitrogens with zero attached hydrogens (tertiary/aromatic N) is 1. The lowest BCUT2D eigenvalue weighted by molar-refractivity contribution is 0.140. The molecule has 0 bridgehead atoms. The predicted octanol–water partition coefficient (Wildman–Crippen LogP) is 1.95. The molecule has 0 aromatic rings. The van der Waals surface area contributed by atoms with Gasteiger partial charge < -0.3 is 5.32 Å². The molecule has 3 fully saturated rings. The third-order valence-corrected chi connectivity index (χ3v) is 5.77. The van der Waals surface area contributed by atoms with Gasteiger partial charge in [-0.15, -0.1) is 0 Å². The first kappa shape index (κ1) is 11.4. The summed E-state index contributed by atoms with van der Waals surface area (Å²) in [5.41, 5.74) is 0. The van der Waals surface area contributed by atoms with E-state index in [9.17, 15) is 0 Å². The van der Waals surface area contributed by atoms with Crippen molar-refractivity contribution in [2.45, 2.75) is 49.4 Å². The number of nitrogens with one attached hydrogen (secondary N) is 1. The van der Waals surface area contributed by atoms with Gasteiger partial charge in [0.2, 0.25) is 0 Å². The van der Waals surface area contributed by atoms with Crippen LogP contribution in [0.15, 0.2) is 0 Å². The molecule has 0 amide bonds. The fourth-order valence-corrected chi connectivity index (χ4v) is 4.54. The summed E-state index contributed by atoms with van der Waals surface area (Å²) in [6.07, 6.45) is 9.59. The van der Waals surface area contributed by atoms with E-state index in [1.165, 1.54) is 51.7 Å². The second-order valence-corrected chi connectivity index (χ2v) is 6.74. The molecule has 3 rings (SSSR count). The molecule has 16 heavy (non-hydrogen) atoms. The molecule has 0 spiro atoms. The van der Waals surface area contributed by atoms with Crippen molar-refractivity contribution in [3.05, 3.63) is 0 Å². The number of rotatable bonds is 3. The van der Waals surface area contributed by atoms with Crippen molar-refractivity contribution in [2.24, 2.45) is 5.92 Å². The van der Waals surface area contributed by atoms with Gasteiger partial charge in [0.05, 0.1) is 0 Å². The quantitative estimate of drug-likeness (QED) is 0.812. The topological polar surface area (TPSA) is 15.3 Å². The minimum absolute atomic E-state index is 0.817. The minimum atomic E-state index is 0.817. The maximum absolute atomic E-state index is 3.72. The third-order valence-electron chi connectivity index (χ3n) is 4.62. The summed E-state index contributed by atoms with van der Waals surface area (Å²) in [6.45, 7) is 3.83. The van der Waals surface area contributed by atoms with Gasteiger partial charge >= 0.3 is 0 Å². The van der Waals surface area contributed by atoms with Crippen molar-refractivity contribution < 1.29 is 0 Å². The molecule has 0 radical (unpaired) electrons. The Morgan fingerprint density at radius 1 is 1.19 bits per heavy atom. The van der Waals surface area contributed by atoms with Gasteiger partial charge in [-0.05, 0) is 37.9 Å². The molecule has 2 aliphatic carbocycles. The maximum Gasteiger partial charge on any atom is 0.0223 e. The fourth-order valence-electron chi connectivity index (χ4n) is 3.52. The normalized spacial score (nSPS) is 41.4. The van der Waals surface area contributed by atoms with Crippen LogP contribution in [0.25, 0.3) is 0 Å². The Morgan fingerprint density at radius 3 is 2.81 bits per heavy atom. The molecule has 3 aliphatic rings. The Morgan fingerprint density at radius 2 is 2.06 bits per heavy atom. The van der Waals surface area contributed by atoms with Crippen LogP contribution in [0.4, 0.5) is 0 Å². The minimum Gasteiger partial charge on any atom is -0.311 e. The lowest BCUT2D eigenvalue weighted by Gasteiger charge is -2.39. The Bertz CT molecular complexity index is 242. The van der Waals surface area contributed by atoms with Crippen LogP contribution in [-0.2, 0) is 0 Å². The zero-order valence-corrected chi connectivity index (χ0v) is 11.1. The average molecular weight is 240 g/mol. The largest absolute Gasteiger partial charge is 0.311 e. The first-order valence-corrected chi connectivity index (χ1v) is 8.17. The van der Waals surface area contributed by atoms with Crippen molar-refractivity contribution in [3.8, 4) is 0 Å². The monoisotopic (exact) mass is 240 g/mol. The molecule has 1 saturated heterocycles. The molecular weight excluding hydrogens is 216 g/mol. The molecule has 3 unspecified atom stereocenters. The summed E-state index contributed by atoms with van der Waals surface area (Å²) in [7, 11) is 0. The van der Waals surface area contributed by atoms with Crippen molar-refractivity contribution in [2.75, 3.05) is 25.9 Å². The van der Waals surface area contributed by atoms with Crippen LogP contribution in [-0.4, -0.2) is 48.1 Å². The summed E-state index contributed by atoms with van der Waals surface area (Å²) in [5.74, 6) is 1.01. The average Bonchev–Trinajstić information content (AvgIpc) is 3.07. The van der Waals surface area contributed by atoms with Crippen molar-refractivity contribution in [1.82, 2.24) is 10.2 Å². The highest BCUT2D eigenvalue weighted by Gasteiger charge is 2.38. The molecular formula is C13H24N2S. The molecule has 2 nitrogen and oxygen atoms in total. The van der Waals surface area contributed by atoms with Crippen LogP contribution in [0, 0.1) is 5.92 Å². The van der Waals surface area contributed by atoms with Crippen LogP contribution >= 0.6 is 11.8 Å². The first-order chi connectivity index (χ1) is 7.88. The Balaban J connectivity index is 1.60. The van der Waals surface area contributed by atoms with E-state index in [-0.39, 0.29) is 0 Å². The second-order valence-electron chi connectivity index (χ2n) is 5.67. The van der Waals surface area contributed by atoms with E-state index >= 15 is 0 Å². The molecule has 0 aromatic heterocycles. The Hall–Kier alpha value is 0.270. The third kappa shape index (κ3) is 2.27. The van der Waals surface area contributed by atoms with Crippen LogP contribution in [0.2, 0.25) is 0 Å². The SMILES string of the molecule is CSC1CCCC1N1CCNC(C2CC2)C1. The molecule has 1 heterocycles. The van der Waals surface area contributed by atoms with Gasteiger partial charge in [0, 0.05) is 37.0 Å². The Kier molecular flexibility index (Phi) is 3.46. The van der Waals surface area contributed by atoms with Crippen LogP contribution in [0.5, 0.6) is 0 Å². The number of thioether (sulfide) groups is 1. The molecule has 2 saturated carbocycles. The van der Waals surface area contributed by atoms with E-state index in [1.807, 2.05) is 0 Å². The molecule has 92 valence electrons. The lowest BCUT2D eigenvalue weighted by atomic mass is 10.1. The number of hydrogen-bond acceptors (Lipinski definition) is 3. The predicted molar refractivity (Wildman–Crippen MR) is 71.0 cm³/mol.